The van der Waals surface area contributed by atoms with Gasteiger partial charge in [0.05, 0.1) is 12.2 Å². The molecule has 4 aliphatic carbocycles. The first-order valence-electron chi connectivity index (χ1n) is 7.14. The third-order valence-corrected chi connectivity index (χ3v) is 7.86. The molecule has 5 rings (SSSR count). The maximum absolute atomic E-state index is 5.99. The molecule has 0 aromatic carbocycles. The Bertz CT molecular complexity index is 414. The van der Waals surface area contributed by atoms with Crippen molar-refractivity contribution in [3.8, 4) is 0 Å². The van der Waals surface area contributed by atoms with Crippen molar-refractivity contribution in [1.29, 1.82) is 0 Å². The van der Waals surface area contributed by atoms with Gasteiger partial charge < -0.3 is 4.74 Å². The first kappa shape index (κ1) is 8.97. The molecule has 5 fully saturated rings. The monoisotopic (exact) mass is 218 g/mol. The van der Waals surface area contributed by atoms with Crippen LogP contribution in [-0.2, 0) is 4.74 Å². The van der Waals surface area contributed by atoms with E-state index in [0.717, 1.165) is 23.7 Å². The van der Waals surface area contributed by atoms with E-state index in [9.17, 15) is 0 Å². The van der Waals surface area contributed by atoms with E-state index in [1.807, 2.05) is 0 Å². The van der Waals surface area contributed by atoms with Crippen molar-refractivity contribution in [1.82, 2.24) is 0 Å². The summed E-state index contributed by atoms with van der Waals surface area (Å²) < 4.78 is 5.99. The van der Waals surface area contributed by atoms with Gasteiger partial charge in [-0.25, -0.2) is 0 Å². The second-order valence-corrected chi connectivity index (χ2v) is 8.09. The second-order valence-electron chi connectivity index (χ2n) is 8.09. The first-order chi connectivity index (χ1) is 7.48. The van der Waals surface area contributed by atoms with Crippen LogP contribution >= 0.6 is 0 Å². The topological polar surface area (TPSA) is 12.5 Å². The number of rotatable bonds is 0. The van der Waals surface area contributed by atoms with Crippen LogP contribution < -0.4 is 0 Å². The third kappa shape index (κ3) is 0.508. The van der Waals surface area contributed by atoms with Gasteiger partial charge in [0, 0.05) is 5.92 Å². The van der Waals surface area contributed by atoms with Crippen LogP contribution in [0.4, 0.5) is 0 Å². The number of epoxide rings is 1. The molecule has 88 valence electrons. The Morgan fingerprint density at radius 3 is 2.44 bits per heavy atom. The number of hydrogen-bond donors (Lipinski definition) is 0. The lowest BCUT2D eigenvalue weighted by Gasteiger charge is -2.36. The van der Waals surface area contributed by atoms with Gasteiger partial charge in [-0.1, -0.05) is 27.7 Å². The highest BCUT2D eigenvalue weighted by Crippen LogP contribution is 2.97. The third-order valence-electron chi connectivity index (χ3n) is 7.86. The molecule has 1 spiro atoms. The Morgan fingerprint density at radius 2 is 1.69 bits per heavy atom. The summed E-state index contributed by atoms with van der Waals surface area (Å²) in [6, 6.07) is 0. The average Bonchev–Trinajstić information content (AvgIpc) is 2.93. The summed E-state index contributed by atoms with van der Waals surface area (Å²) in [7, 11) is 0. The zero-order valence-electron chi connectivity index (χ0n) is 10.8. The highest BCUT2D eigenvalue weighted by Gasteiger charge is 2.98. The highest BCUT2D eigenvalue weighted by atomic mass is 16.6. The molecule has 0 N–H and O–H groups in total. The van der Waals surface area contributed by atoms with Gasteiger partial charge in [-0.15, -0.1) is 0 Å². The van der Waals surface area contributed by atoms with Crippen LogP contribution in [0.25, 0.3) is 0 Å². The van der Waals surface area contributed by atoms with Crippen LogP contribution in [0.2, 0.25) is 0 Å². The molecule has 1 heterocycles. The molecule has 16 heavy (non-hydrogen) atoms. The van der Waals surface area contributed by atoms with Crippen molar-refractivity contribution < 1.29 is 4.74 Å². The molecule has 1 heteroatoms. The van der Waals surface area contributed by atoms with Gasteiger partial charge in [-0.2, -0.15) is 0 Å². The minimum Gasteiger partial charge on any atom is -0.369 e. The zero-order chi connectivity index (χ0) is 11.1. The maximum atomic E-state index is 5.99. The van der Waals surface area contributed by atoms with E-state index in [0.29, 0.717) is 28.5 Å². The van der Waals surface area contributed by atoms with E-state index < -0.39 is 0 Å². The summed E-state index contributed by atoms with van der Waals surface area (Å²) in [6.07, 6.45) is 4.31. The van der Waals surface area contributed by atoms with Crippen molar-refractivity contribution in [2.45, 2.75) is 52.7 Å². The number of hydrogen-bond acceptors (Lipinski definition) is 1. The van der Waals surface area contributed by atoms with Gasteiger partial charge >= 0.3 is 0 Å². The Kier molecular flexibility index (Phi) is 1.08. The van der Waals surface area contributed by atoms with Crippen LogP contribution in [0.5, 0.6) is 0 Å². The molecule has 4 saturated carbocycles. The molecule has 1 saturated heterocycles. The molecular formula is C15H22O. The maximum Gasteiger partial charge on any atom is 0.0884 e. The van der Waals surface area contributed by atoms with Crippen molar-refractivity contribution in [3.05, 3.63) is 0 Å². The van der Waals surface area contributed by atoms with Gasteiger partial charge in [-0.3, -0.25) is 0 Å². The Morgan fingerprint density at radius 1 is 1.00 bits per heavy atom. The summed E-state index contributed by atoms with van der Waals surface area (Å²) in [5.74, 6) is 3.79. The molecule has 0 amide bonds. The van der Waals surface area contributed by atoms with Crippen LogP contribution in [0.3, 0.4) is 0 Å². The summed E-state index contributed by atoms with van der Waals surface area (Å²) in [5.41, 5.74) is 1.93. The minimum atomic E-state index is 0.548. The van der Waals surface area contributed by atoms with Crippen LogP contribution in [0.1, 0.15) is 40.5 Å². The van der Waals surface area contributed by atoms with E-state index in [4.69, 9.17) is 4.74 Å². The molecule has 8 atom stereocenters. The molecule has 1 nitrogen and oxygen atoms in total. The smallest absolute Gasteiger partial charge is 0.0884 e. The molecule has 1 aliphatic heterocycles. The quantitative estimate of drug-likeness (QED) is 0.569. The summed E-state index contributed by atoms with van der Waals surface area (Å²) in [5, 5.41) is 0. The van der Waals surface area contributed by atoms with Crippen molar-refractivity contribution in [2.75, 3.05) is 0 Å². The van der Waals surface area contributed by atoms with Crippen LogP contribution in [0.15, 0.2) is 0 Å². The Hall–Kier alpha value is -0.0400. The minimum absolute atomic E-state index is 0.548. The van der Waals surface area contributed by atoms with Crippen molar-refractivity contribution in [3.63, 3.8) is 0 Å². The van der Waals surface area contributed by atoms with Gasteiger partial charge in [0.2, 0.25) is 0 Å². The van der Waals surface area contributed by atoms with E-state index >= 15 is 0 Å². The van der Waals surface area contributed by atoms with E-state index in [-0.39, 0.29) is 0 Å². The fourth-order valence-corrected chi connectivity index (χ4v) is 7.89. The lowest BCUT2D eigenvalue weighted by molar-refractivity contribution is 0.0681. The predicted molar refractivity (Wildman–Crippen MR) is 61.9 cm³/mol. The van der Waals surface area contributed by atoms with Crippen LogP contribution in [0, 0.1) is 39.9 Å². The van der Waals surface area contributed by atoms with Crippen LogP contribution in [-0.4, -0.2) is 12.2 Å². The zero-order valence-corrected chi connectivity index (χ0v) is 10.8. The lowest BCUT2D eigenvalue weighted by atomic mass is 9.69. The SMILES string of the molecule is C[C@@H]1CC[C@H]2C(C)(C)[C@@H]3[C@H]4O[C@H]4C4C12[C@@]43C. The van der Waals surface area contributed by atoms with Gasteiger partial charge in [-0.05, 0) is 46.8 Å². The molecular weight excluding hydrogens is 196 g/mol. The van der Waals surface area contributed by atoms with Gasteiger partial charge in [0.15, 0.2) is 0 Å². The normalized spacial score (nSPS) is 75.8. The predicted octanol–water partition coefficient (Wildman–Crippen LogP) is 3.09. The van der Waals surface area contributed by atoms with E-state index in [1.54, 1.807) is 0 Å². The highest BCUT2D eigenvalue weighted by molar-refractivity contribution is 5.44. The molecule has 2 unspecified atom stereocenters. The molecule has 0 radical (unpaired) electrons. The van der Waals surface area contributed by atoms with Gasteiger partial charge in [0.1, 0.15) is 0 Å². The standard InChI is InChI=1S/C15H22O/c1-7-5-6-8-13(2,3)11-9-10(16-9)12-14(11,4)15(7,8)12/h7-12H,5-6H2,1-4H3/t7-,8+,9+,10-,11+,12?,14-,15?/m1/s1. The largest absolute Gasteiger partial charge is 0.369 e. The average molecular weight is 218 g/mol. The Balaban J connectivity index is 1.78. The molecule has 0 aromatic rings. The van der Waals surface area contributed by atoms with Gasteiger partial charge in [0.25, 0.3) is 0 Å². The van der Waals surface area contributed by atoms with E-state index in [1.165, 1.54) is 12.8 Å². The number of fused-ring (bicyclic) bond motifs is 3. The number of ether oxygens (including phenoxy) is 1. The lowest BCUT2D eigenvalue weighted by Crippen LogP contribution is -2.33. The fourth-order valence-electron chi connectivity index (χ4n) is 7.89. The summed E-state index contributed by atoms with van der Waals surface area (Å²) in [6.45, 7) is 10.2. The molecule has 0 aromatic heterocycles. The molecule has 5 aliphatic rings. The first-order valence-corrected chi connectivity index (χ1v) is 7.14. The second kappa shape index (κ2) is 1.92. The summed E-state index contributed by atoms with van der Waals surface area (Å²) >= 11 is 0. The van der Waals surface area contributed by atoms with E-state index in [2.05, 4.69) is 27.7 Å². The van der Waals surface area contributed by atoms with Crippen molar-refractivity contribution in [2.24, 2.45) is 39.9 Å². The Labute approximate surface area is 97.9 Å². The summed E-state index contributed by atoms with van der Waals surface area (Å²) in [4.78, 5) is 0. The molecule has 0 bridgehead atoms. The van der Waals surface area contributed by atoms with Crippen molar-refractivity contribution >= 4 is 0 Å². The fraction of sp³-hybridized carbons (Fsp3) is 1.00.